The Labute approximate surface area is 160 Å². The third-order valence-corrected chi connectivity index (χ3v) is 7.50. The quantitative estimate of drug-likeness (QED) is 0.850. The Morgan fingerprint density at radius 3 is 2.56 bits per heavy atom. The molecule has 146 valence electrons. The predicted octanol–water partition coefficient (Wildman–Crippen LogP) is 2.81. The summed E-state index contributed by atoms with van der Waals surface area (Å²) in [5.41, 5.74) is 0.977. The normalized spacial score (nSPS) is 37.6. The zero-order valence-electron chi connectivity index (χ0n) is 16.0. The summed E-state index contributed by atoms with van der Waals surface area (Å²) in [7, 11) is 1.56. The summed E-state index contributed by atoms with van der Waals surface area (Å²) in [5, 5.41) is 14.1. The van der Waals surface area contributed by atoms with Crippen LogP contribution in [0, 0.1) is 17.8 Å². The number of aliphatic hydroxyl groups is 1. The lowest BCUT2D eigenvalue weighted by molar-refractivity contribution is -0.136. The SMILES string of the molecule is COc1ncc(C(=O)NC2C3CC4CC2CC(O)(C4)C3)c(C2CCCC2)n1. The summed E-state index contributed by atoms with van der Waals surface area (Å²) < 4.78 is 5.21. The van der Waals surface area contributed by atoms with Gasteiger partial charge in [-0.1, -0.05) is 12.8 Å². The second-order valence-corrected chi connectivity index (χ2v) is 9.33. The highest BCUT2D eigenvalue weighted by atomic mass is 16.5. The average Bonchev–Trinajstić information content (AvgIpc) is 3.17. The maximum absolute atomic E-state index is 13.2. The first kappa shape index (κ1) is 17.4. The number of aromatic nitrogens is 2. The number of nitrogens with one attached hydrogen (secondary N) is 1. The number of ether oxygens (including phenoxy) is 1. The van der Waals surface area contributed by atoms with E-state index < -0.39 is 5.60 Å². The lowest BCUT2D eigenvalue weighted by Gasteiger charge is -2.58. The molecule has 6 heteroatoms. The molecule has 2 N–H and O–H groups in total. The first-order valence-electron chi connectivity index (χ1n) is 10.5. The fourth-order valence-corrected chi connectivity index (χ4v) is 6.61. The smallest absolute Gasteiger partial charge is 0.316 e. The summed E-state index contributed by atoms with van der Waals surface area (Å²) in [5.74, 6) is 1.71. The molecule has 27 heavy (non-hydrogen) atoms. The molecule has 1 aromatic heterocycles. The number of carbonyl (C=O) groups excluding carboxylic acids is 1. The third kappa shape index (κ3) is 3.02. The van der Waals surface area contributed by atoms with E-state index in [-0.39, 0.29) is 11.9 Å². The number of amides is 1. The molecule has 4 bridgehead atoms. The standard InChI is InChI=1S/C21H29N3O3/c1-27-20-22-11-16(18(24-20)13-4-2-3-5-13)19(25)23-17-14-6-12-7-15(17)10-21(26,8-12)9-14/h11-15,17,26H,2-10H2,1H3,(H,23,25). The van der Waals surface area contributed by atoms with E-state index in [4.69, 9.17) is 4.74 Å². The summed E-state index contributed by atoms with van der Waals surface area (Å²) in [6, 6.07) is 0.512. The van der Waals surface area contributed by atoms with Gasteiger partial charge in [0.25, 0.3) is 5.91 Å². The van der Waals surface area contributed by atoms with E-state index in [2.05, 4.69) is 15.3 Å². The molecule has 2 atom stereocenters. The lowest BCUT2D eigenvalue weighted by atomic mass is 9.52. The van der Waals surface area contributed by atoms with Crippen molar-refractivity contribution >= 4 is 5.91 Å². The number of hydrogen-bond acceptors (Lipinski definition) is 5. The van der Waals surface area contributed by atoms with Crippen LogP contribution in [0.2, 0.25) is 0 Å². The predicted molar refractivity (Wildman–Crippen MR) is 99.6 cm³/mol. The molecule has 2 unspecified atom stereocenters. The minimum Gasteiger partial charge on any atom is -0.467 e. The first-order valence-corrected chi connectivity index (χ1v) is 10.5. The maximum atomic E-state index is 13.2. The molecule has 1 aromatic rings. The van der Waals surface area contributed by atoms with Crippen molar-refractivity contribution in [3.05, 3.63) is 17.5 Å². The molecule has 5 aliphatic rings. The Morgan fingerprint density at radius 2 is 1.93 bits per heavy atom. The van der Waals surface area contributed by atoms with E-state index in [1.54, 1.807) is 13.3 Å². The maximum Gasteiger partial charge on any atom is 0.316 e. The van der Waals surface area contributed by atoms with Crippen LogP contribution >= 0.6 is 0 Å². The van der Waals surface area contributed by atoms with Crippen LogP contribution in [0.5, 0.6) is 6.01 Å². The van der Waals surface area contributed by atoms with Crippen LogP contribution in [0.15, 0.2) is 6.20 Å². The van der Waals surface area contributed by atoms with Crippen molar-refractivity contribution in [2.24, 2.45) is 17.8 Å². The van der Waals surface area contributed by atoms with Crippen LogP contribution in [-0.4, -0.2) is 39.7 Å². The molecule has 0 aromatic carbocycles. The van der Waals surface area contributed by atoms with E-state index in [1.807, 2.05) is 0 Å². The minimum absolute atomic E-state index is 0.0518. The first-order chi connectivity index (χ1) is 13.0. The van der Waals surface area contributed by atoms with Gasteiger partial charge in [-0.2, -0.15) is 4.98 Å². The van der Waals surface area contributed by atoms with Gasteiger partial charge in [-0.25, -0.2) is 4.98 Å². The molecule has 5 aliphatic carbocycles. The highest BCUT2D eigenvalue weighted by Crippen LogP contribution is 2.55. The van der Waals surface area contributed by atoms with Crippen LogP contribution in [0.25, 0.3) is 0 Å². The number of nitrogens with zero attached hydrogens (tertiary/aromatic N) is 2. The van der Waals surface area contributed by atoms with Gasteiger partial charge in [-0.05, 0) is 62.7 Å². The van der Waals surface area contributed by atoms with E-state index >= 15 is 0 Å². The molecule has 0 saturated heterocycles. The van der Waals surface area contributed by atoms with E-state index in [0.29, 0.717) is 35.2 Å². The van der Waals surface area contributed by atoms with Crippen molar-refractivity contribution in [3.8, 4) is 6.01 Å². The van der Waals surface area contributed by atoms with Gasteiger partial charge >= 0.3 is 6.01 Å². The van der Waals surface area contributed by atoms with Crippen molar-refractivity contribution in [1.29, 1.82) is 0 Å². The molecule has 6 rings (SSSR count). The van der Waals surface area contributed by atoms with E-state index in [9.17, 15) is 9.90 Å². The molecule has 0 aliphatic heterocycles. The van der Waals surface area contributed by atoms with Gasteiger partial charge < -0.3 is 15.2 Å². The Hall–Kier alpha value is -1.69. The second-order valence-electron chi connectivity index (χ2n) is 9.33. The van der Waals surface area contributed by atoms with E-state index in [1.165, 1.54) is 12.8 Å². The van der Waals surface area contributed by atoms with Gasteiger partial charge in [-0.15, -0.1) is 0 Å². The molecule has 6 nitrogen and oxygen atoms in total. The van der Waals surface area contributed by atoms with Crippen molar-refractivity contribution in [3.63, 3.8) is 0 Å². The lowest BCUT2D eigenvalue weighted by Crippen LogP contribution is -2.61. The topological polar surface area (TPSA) is 84.3 Å². The third-order valence-electron chi connectivity index (χ3n) is 7.50. The van der Waals surface area contributed by atoms with Crippen LogP contribution < -0.4 is 10.1 Å². The Balaban J connectivity index is 1.38. The van der Waals surface area contributed by atoms with Gasteiger partial charge in [0, 0.05) is 18.2 Å². The monoisotopic (exact) mass is 371 g/mol. The van der Waals surface area contributed by atoms with Crippen molar-refractivity contribution in [1.82, 2.24) is 15.3 Å². The van der Waals surface area contributed by atoms with Crippen LogP contribution in [0.4, 0.5) is 0 Å². The summed E-state index contributed by atoms with van der Waals surface area (Å²) in [6.07, 6.45) is 11.1. The molecule has 0 spiro atoms. The largest absolute Gasteiger partial charge is 0.467 e. The molecule has 0 radical (unpaired) electrons. The molecular formula is C21H29N3O3. The molecule has 5 saturated carbocycles. The van der Waals surface area contributed by atoms with Gasteiger partial charge in [0.1, 0.15) is 0 Å². The Morgan fingerprint density at radius 1 is 1.22 bits per heavy atom. The molecular weight excluding hydrogens is 342 g/mol. The zero-order valence-corrected chi connectivity index (χ0v) is 16.0. The van der Waals surface area contributed by atoms with Crippen LogP contribution in [-0.2, 0) is 0 Å². The van der Waals surface area contributed by atoms with E-state index in [0.717, 1.165) is 50.6 Å². The average molecular weight is 371 g/mol. The second kappa shape index (κ2) is 6.43. The summed E-state index contributed by atoms with van der Waals surface area (Å²) >= 11 is 0. The number of carbonyl (C=O) groups is 1. The number of hydrogen-bond donors (Lipinski definition) is 2. The van der Waals surface area contributed by atoms with Crippen LogP contribution in [0.3, 0.4) is 0 Å². The van der Waals surface area contributed by atoms with Gasteiger partial charge in [0.05, 0.1) is 24.0 Å². The Bertz CT molecular complexity index is 730. The van der Waals surface area contributed by atoms with Gasteiger partial charge in [-0.3, -0.25) is 4.79 Å². The molecule has 1 heterocycles. The number of methoxy groups -OCH3 is 1. The fourth-order valence-electron chi connectivity index (χ4n) is 6.61. The van der Waals surface area contributed by atoms with Crippen LogP contribution in [0.1, 0.15) is 79.8 Å². The van der Waals surface area contributed by atoms with Crippen molar-refractivity contribution in [2.45, 2.75) is 75.3 Å². The van der Waals surface area contributed by atoms with Gasteiger partial charge in [0.2, 0.25) is 0 Å². The minimum atomic E-state index is -0.476. The summed E-state index contributed by atoms with van der Waals surface area (Å²) in [6.45, 7) is 0. The van der Waals surface area contributed by atoms with Crippen molar-refractivity contribution in [2.75, 3.05) is 7.11 Å². The van der Waals surface area contributed by atoms with Gasteiger partial charge in [0.15, 0.2) is 0 Å². The highest BCUT2D eigenvalue weighted by molar-refractivity contribution is 5.95. The van der Waals surface area contributed by atoms with Crippen molar-refractivity contribution < 1.29 is 14.6 Å². The summed E-state index contributed by atoms with van der Waals surface area (Å²) in [4.78, 5) is 22.0. The fraction of sp³-hybridized carbons (Fsp3) is 0.762. The Kier molecular flexibility index (Phi) is 4.15. The zero-order chi connectivity index (χ0) is 18.6. The number of rotatable bonds is 4. The highest BCUT2D eigenvalue weighted by Gasteiger charge is 2.55. The molecule has 1 amide bonds. The molecule has 5 fully saturated rings.